The van der Waals surface area contributed by atoms with Crippen molar-refractivity contribution in [3.8, 4) is 0 Å². The van der Waals surface area contributed by atoms with E-state index < -0.39 is 8.07 Å². The molecule has 2 aliphatic rings. The molecule has 2 aromatic rings. The van der Waals surface area contributed by atoms with Crippen LogP contribution in [0.4, 0.5) is 0 Å². The van der Waals surface area contributed by atoms with E-state index >= 15 is 0 Å². The summed E-state index contributed by atoms with van der Waals surface area (Å²) in [5.41, 5.74) is 7.93. The van der Waals surface area contributed by atoms with Crippen molar-refractivity contribution >= 4 is 18.4 Å². The van der Waals surface area contributed by atoms with Gasteiger partial charge in [-0.3, -0.25) is 6.08 Å². The van der Waals surface area contributed by atoms with Crippen LogP contribution in [-0.2, 0) is 21.7 Å². The smallest absolute Gasteiger partial charge is 1.00 e. The number of rotatable bonds is 4. The Morgan fingerprint density at radius 3 is 1.76 bits per heavy atom. The fraction of sp³-hybridized carbons (Fsp3) is 0.448. The van der Waals surface area contributed by atoms with Gasteiger partial charge in [-0.25, -0.2) is 5.57 Å². The van der Waals surface area contributed by atoms with E-state index in [1.165, 1.54) is 54.4 Å². The van der Waals surface area contributed by atoms with Crippen LogP contribution in [-0.4, -0.2) is 8.07 Å². The molecule has 2 atom stereocenters. The number of hydrogen-bond acceptors (Lipinski definition) is 0. The molecule has 5 heteroatoms. The van der Waals surface area contributed by atoms with Gasteiger partial charge in [-0.05, 0) is 19.4 Å². The van der Waals surface area contributed by atoms with Gasteiger partial charge in [-0.15, -0.1) is 6.92 Å². The zero-order chi connectivity index (χ0) is 21.5. The standard InChI is InChI=1S/C29H37Si.3ClH.Ti/c1-21-17-22(2)19-28(18-21)30(26-13-9-7-10-14-26,27-15-11-8-12-16-27)29(6)20-23(3)24(4)25(29)5;;;;/h7,9-10,13-14,17-19,27H,8,11-12,15-16H2,1-6H3;3*1H;/q-1;;;;+4/p-3. The molecule has 0 heterocycles. The number of halogens is 3. The maximum absolute atomic E-state index is 4.11. The fourth-order valence-corrected chi connectivity index (χ4v) is 14.0. The van der Waals surface area contributed by atoms with E-state index in [0.29, 0.717) is 0 Å². The van der Waals surface area contributed by atoms with Crippen molar-refractivity contribution in [1.29, 1.82) is 0 Å². The van der Waals surface area contributed by atoms with Gasteiger partial charge in [-0.2, -0.15) is 11.1 Å². The third-order valence-corrected chi connectivity index (χ3v) is 14.5. The van der Waals surface area contributed by atoms with E-state index in [-0.39, 0.29) is 64.0 Å². The van der Waals surface area contributed by atoms with Crippen molar-refractivity contribution in [2.24, 2.45) is 0 Å². The first-order valence-corrected chi connectivity index (χ1v) is 13.8. The SMILES string of the molecule is CC1=[C-]C(C)([Si](c2ccccc2)(c2cc(C)cc(C)c2)C2CCCCC2)C(C)=C1C.[Cl-].[Cl-].[Cl-].[Ti+4]. The molecule has 0 aromatic heterocycles. The Morgan fingerprint density at radius 2 is 1.29 bits per heavy atom. The van der Waals surface area contributed by atoms with Gasteiger partial charge < -0.3 is 37.2 Å². The van der Waals surface area contributed by atoms with Crippen LogP contribution < -0.4 is 47.6 Å². The first-order chi connectivity index (χ1) is 14.3. The average molecular weight is 568 g/mol. The summed E-state index contributed by atoms with van der Waals surface area (Å²) in [6.45, 7) is 14.1. The fourth-order valence-electron chi connectivity index (χ4n) is 6.68. The second-order valence-corrected chi connectivity index (χ2v) is 14.6. The van der Waals surface area contributed by atoms with Crippen LogP contribution in [0.5, 0.6) is 0 Å². The molecule has 4 rings (SSSR count). The van der Waals surface area contributed by atoms with Gasteiger partial charge in [0.2, 0.25) is 0 Å². The second kappa shape index (κ2) is 13.3. The van der Waals surface area contributed by atoms with E-state index in [0.717, 1.165) is 5.54 Å². The van der Waals surface area contributed by atoms with Crippen LogP contribution in [0.15, 0.2) is 65.3 Å². The second-order valence-electron chi connectivity index (χ2n) is 10.0. The van der Waals surface area contributed by atoms with Gasteiger partial charge in [0.1, 0.15) is 8.07 Å². The van der Waals surface area contributed by atoms with Gasteiger partial charge in [0.05, 0.1) is 0 Å². The normalized spacial score (nSPS) is 21.8. The van der Waals surface area contributed by atoms with Gasteiger partial charge in [0.25, 0.3) is 0 Å². The van der Waals surface area contributed by atoms with E-state index in [4.69, 9.17) is 0 Å². The minimum Gasteiger partial charge on any atom is -1.00 e. The van der Waals surface area contributed by atoms with Crippen LogP contribution in [0, 0.1) is 19.9 Å². The number of hydrogen-bond donors (Lipinski definition) is 0. The molecule has 1 saturated carbocycles. The van der Waals surface area contributed by atoms with Crippen LogP contribution in [0.25, 0.3) is 0 Å². The molecule has 2 aliphatic carbocycles. The summed E-state index contributed by atoms with van der Waals surface area (Å²) < 4.78 is 0. The minimum atomic E-state index is -2.24. The van der Waals surface area contributed by atoms with Crippen molar-refractivity contribution in [3.63, 3.8) is 0 Å². The summed E-state index contributed by atoms with van der Waals surface area (Å²) >= 11 is 0. The Morgan fingerprint density at radius 1 is 0.765 bits per heavy atom. The first kappa shape index (κ1) is 33.7. The van der Waals surface area contributed by atoms with Crippen molar-refractivity contribution in [2.45, 2.75) is 84.2 Å². The molecular weight excluding hydrogens is 531 g/mol. The van der Waals surface area contributed by atoms with E-state index in [9.17, 15) is 0 Å². The first-order valence-electron chi connectivity index (χ1n) is 11.7. The van der Waals surface area contributed by atoms with Crippen LogP contribution in [0.1, 0.15) is 70.9 Å². The van der Waals surface area contributed by atoms with Crippen LogP contribution >= 0.6 is 0 Å². The third-order valence-electron chi connectivity index (χ3n) is 8.22. The van der Waals surface area contributed by atoms with E-state index in [1.54, 1.807) is 15.9 Å². The van der Waals surface area contributed by atoms with Crippen LogP contribution in [0.3, 0.4) is 0 Å². The molecule has 2 aromatic carbocycles. The molecular formula is C29H37Cl3SiTi. The number of allylic oxidation sites excluding steroid dienone is 4. The van der Waals surface area contributed by atoms with Gasteiger partial charge in [-0.1, -0.05) is 128 Å². The largest absolute Gasteiger partial charge is 4.00 e. The van der Waals surface area contributed by atoms with E-state index in [2.05, 4.69) is 96.1 Å². The summed E-state index contributed by atoms with van der Waals surface area (Å²) in [7, 11) is -2.24. The van der Waals surface area contributed by atoms with Crippen molar-refractivity contribution in [2.75, 3.05) is 0 Å². The molecule has 0 N–H and O–H groups in total. The molecule has 0 saturated heterocycles. The van der Waals surface area contributed by atoms with Crippen molar-refractivity contribution in [1.82, 2.24) is 0 Å². The Labute approximate surface area is 242 Å². The summed E-state index contributed by atoms with van der Waals surface area (Å²) in [5, 5.41) is 3.21. The summed E-state index contributed by atoms with van der Waals surface area (Å²) in [4.78, 5) is 0. The van der Waals surface area contributed by atoms with Gasteiger partial charge in [0, 0.05) is 0 Å². The Bertz CT molecular complexity index is 991. The molecule has 0 radical (unpaired) electrons. The molecule has 1 fully saturated rings. The third kappa shape index (κ3) is 5.51. The van der Waals surface area contributed by atoms with E-state index in [1.807, 2.05) is 0 Å². The van der Waals surface area contributed by atoms with Crippen LogP contribution in [0.2, 0.25) is 10.6 Å². The summed E-state index contributed by atoms with van der Waals surface area (Å²) in [6.07, 6.45) is 11.0. The molecule has 2 unspecified atom stereocenters. The monoisotopic (exact) mass is 566 g/mol. The topological polar surface area (TPSA) is 0 Å². The zero-order valence-corrected chi connectivity index (χ0v) is 26.2. The molecule has 0 bridgehead atoms. The minimum absolute atomic E-state index is 0. The molecule has 182 valence electrons. The maximum atomic E-state index is 4.11. The Hall–Kier alpha value is -0.279. The average Bonchev–Trinajstić information content (AvgIpc) is 2.93. The molecule has 0 aliphatic heterocycles. The van der Waals surface area contributed by atoms with Gasteiger partial charge >= 0.3 is 21.7 Å². The number of aryl methyl sites for hydroxylation is 2. The summed E-state index contributed by atoms with van der Waals surface area (Å²) in [5.74, 6) is 0. The Balaban J connectivity index is 0.00000272. The summed E-state index contributed by atoms with van der Waals surface area (Å²) in [6, 6.07) is 19.0. The van der Waals surface area contributed by atoms with Crippen molar-refractivity contribution in [3.05, 3.63) is 82.5 Å². The molecule has 0 nitrogen and oxygen atoms in total. The predicted octanol–water partition coefficient (Wildman–Crippen LogP) is -1.93. The Kier molecular flexibility index (Phi) is 13.2. The molecule has 0 spiro atoms. The zero-order valence-electron chi connectivity index (χ0n) is 21.4. The molecule has 34 heavy (non-hydrogen) atoms. The quantitative estimate of drug-likeness (QED) is 0.298. The molecule has 0 amide bonds. The predicted molar refractivity (Wildman–Crippen MR) is 133 cm³/mol. The number of benzene rings is 2. The maximum Gasteiger partial charge on any atom is 4.00 e. The van der Waals surface area contributed by atoms with Gasteiger partial charge in [0.15, 0.2) is 0 Å². The van der Waals surface area contributed by atoms with Crippen molar-refractivity contribution < 1.29 is 58.9 Å².